The van der Waals surface area contributed by atoms with E-state index in [1.807, 2.05) is 22.8 Å². The lowest BCUT2D eigenvalue weighted by atomic mass is 10.1. The summed E-state index contributed by atoms with van der Waals surface area (Å²) in [6.07, 6.45) is 1.72. The number of nitrogens with zero attached hydrogens (tertiary/aromatic N) is 4. The number of carbonyl (C=O) groups is 1. The monoisotopic (exact) mass is 623 g/mol. The van der Waals surface area contributed by atoms with Gasteiger partial charge in [0, 0.05) is 5.56 Å². The highest BCUT2D eigenvalue weighted by atomic mass is 28.4. The molecule has 1 amide bonds. The van der Waals surface area contributed by atoms with Gasteiger partial charge in [-0.25, -0.2) is 15.0 Å². The predicted molar refractivity (Wildman–Crippen MR) is 170 cm³/mol. The van der Waals surface area contributed by atoms with Crippen LogP contribution in [-0.4, -0.2) is 77.6 Å². The second kappa shape index (κ2) is 10.8. The first kappa shape index (κ1) is 31.9. The number of carbonyl (C=O) groups excluding carboxylic acids is 1. The van der Waals surface area contributed by atoms with Gasteiger partial charge in [0.15, 0.2) is 31.5 Å². The van der Waals surface area contributed by atoms with Crippen LogP contribution in [0.2, 0.25) is 18.1 Å². The van der Waals surface area contributed by atoms with Gasteiger partial charge in [0.25, 0.3) is 5.91 Å². The third kappa shape index (κ3) is 6.50. The molecule has 2 saturated heterocycles. The summed E-state index contributed by atoms with van der Waals surface area (Å²) < 4.78 is 29.4. The molecule has 2 fully saturated rings. The molecule has 0 bridgehead atoms. The van der Waals surface area contributed by atoms with Crippen molar-refractivity contribution in [2.24, 2.45) is 0 Å². The summed E-state index contributed by atoms with van der Waals surface area (Å²) in [4.78, 5) is 26.6. The topological polar surface area (TPSA) is 110 Å². The smallest absolute Gasteiger partial charge is 0.256 e. The summed E-state index contributed by atoms with van der Waals surface area (Å²) in [6.45, 7) is 23.5. The van der Waals surface area contributed by atoms with E-state index in [-0.39, 0.29) is 28.4 Å². The maximum atomic E-state index is 13.0. The van der Waals surface area contributed by atoms with Crippen molar-refractivity contribution in [2.75, 3.05) is 5.32 Å². The van der Waals surface area contributed by atoms with E-state index in [0.29, 0.717) is 32.1 Å². The fourth-order valence-electron chi connectivity index (χ4n) is 4.97. The number of imidazole rings is 1. The molecule has 232 valence electrons. The van der Waals surface area contributed by atoms with Crippen molar-refractivity contribution in [2.45, 2.75) is 121 Å². The number of hydrogen-bond acceptors (Lipinski definition) is 8. The highest BCUT2D eigenvalue weighted by Crippen LogP contribution is 2.54. The van der Waals surface area contributed by atoms with Crippen molar-refractivity contribution in [3.8, 4) is 0 Å². The van der Waals surface area contributed by atoms with Crippen LogP contribution in [0.4, 0.5) is 5.82 Å². The van der Waals surface area contributed by atoms with Gasteiger partial charge in [-0.1, -0.05) is 39.0 Å². The molecule has 1 N–H and O–H groups in total. The summed E-state index contributed by atoms with van der Waals surface area (Å²) in [5.74, 6) is 0.0576. The van der Waals surface area contributed by atoms with Crippen LogP contribution < -0.4 is 5.32 Å². The third-order valence-electron chi connectivity index (χ3n) is 8.07. The summed E-state index contributed by atoms with van der Waals surface area (Å²) in [6, 6.07) is 9.01. The maximum Gasteiger partial charge on any atom is 0.256 e. The predicted octanol–water partition coefficient (Wildman–Crippen LogP) is 5.74. The van der Waals surface area contributed by atoms with Gasteiger partial charge in [0.2, 0.25) is 0 Å². The van der Waals surface area contributed by atoms with Crippen LogP contribution in [0.5, 0.6) is 0 Å². The first-order valence-corrected chi connectivity index (χ1v) is 18.8. The number of aromatic nitrogens is 4. The van der Waals surface area contributed by atoms with E-state index in [1.165, 1.54) is 6.33 Å². The van der Waals surface area contributed by atoms with Crippen molar-refractivity contribution in [3.63, 3.8) is 0 Å². The van der Waals surface area contributed by atoms with Crippen LogP contribution in [0, 0.1) is 0 Å². The summed E-state index contributed by atoms with van der Waals surface area (Å²) in [5.41, 5.74) is 0.622. The zero-order valence-electron chi connectivity index (χ0n) is 27.2. The van der Waals surface area contributed by atoms with Crippen molar-refractivity contribution >= 4 is 40.7 Å². The Labute approximate surface area is 258 Å². The average molecular weight is 624 g/mol. The molecule has 43 heavy (non-hydrogen) atoms. The minimum absolute atomic E-state index is 0.0409. The van der Waals surface area contributed by atoms with E-state index in [1.54, 1.807) is 18.5 Å². The van der Waals surface area contributed by atoms with Gasteiger partial charge in [-0.15, -0.1) is 0 Å². The Kier molecular flexibility index (Phi) is 8.05. The number of rotatable bonds is 7. The standard InChI is InChI=1S/C31H45N5O5Si2/c1-28(2,3)38-22-21(41-43(10,11)30(7,8)9)26(39-31(22)27(42-31)40-29(4,5)6)36-18-34-20-23(32-17-33-24(20)36)35-25(37)19-15-13-12-14-16-19/h12-18,21-22,26-27H,1-11H3,(H,32,33,35,37)/t21-,22+,26-,27?,31-/m1/s1. The number of benzene rings is 1. The number of ether oxygens (including phenoxy) is 3. The Morgan fingerprint density at radius 2 is 1.63 bits per heavy atom. The zero-order valence-corrected chi connectivity index (χ0v) is 29.2. The van der Waals surface area contributed by atoms with E-state index >= 15 is 0 Å². The van der Waals surface area contributed by atoms with Crippen LogP contribution >= 0.6 is 0 Å². The second-order valence-electron chi connectivity index (χ2n) is 14.9. The summed E-state index contributed by atoms with van der Waals surface area (Å²) >= 11 is 0. The summed E-state index contributed by atoms with van der Waals surface area (Å²) in [5, 5.41) is 2.20. The number of hydrogen-bond donors (Lipinski definition) is 1. The van der Waals surface area contributed by atoms with Gasteiger partial charge < -0.3 is 24.0 Å². The molecule has 5 rings (SSSR count). The number of anilines is 1. The van der Waals surface area contributed by atoms with Crippen LogP contribution in [0.1, 0.15) is 78.9 Å². The molecule has 1 spiro atoms. The van der Waals surface area contributed by atoms with Gasteiger partial charge in [-0.3, -0.25) is 9.36 Å². The second-order valence-corrected chi connectivity index (χ2v) is 21.3. The molecule has 12 heteroatoms. The van der Waals surface area contributed by atoms with Crippen LogP contribution in [-0.2, 0) is 18.6 Å². The van der Waals surface area contributed by atoms with Gasteiger partial charge in [0.1, 0.15) is 33.3 Å². The first-order chi connectivity index (χ1) is 19.8. The van der Waals surface area contributed by atoms with Crippen molar-refractivity contribution in [1.82, 2.24) is 19.5 Å². The van der Waals surface area contributed by atoms with Crippen molar-refractivity contribution in [3.05, 3.63) is 48.5 Å². The fraction of sp³-hybridized carbons (Fsp3) is 0.613. The quantitative estimate of drug-likeness (QED) is 0.332. The van der Waals surface area contributed by atoms with E-state index in [0.717, 1.165) is 0 Å². The van der Waals surface area contributed by atoms with Crippen LogP contribution in [0.3, 0.4) is 0 Å². The van der Waals surface area contributed by atoms with Gasteiger partial charge in [-0.2, -0.15) is 0 Å². The number of fused-ring (bicyclic) bond motifs is 1. The van der Waals surface area contributed by atoms with Crippen molar-refractivity contribution < 1.29 is 23.4 Å². The van der Waals surface area contributed by atoms with E-state index < -0.39 is 31.5 Å². The van der Waals surface area contributed by atoms with E-state index in [4.69, 9.17) is 18.6 Å². The van der Waals surface area contributed by atoms with Gasteiger partial charge in [0.05, 0.1) is 23.3 Å². The fourth-order valence-corrected chi connectivity index (χ4v) is 7.86. The Bertz CT molecular complexity index is 1480. The molecule has 3 aromatic rings. The lowest BCUT2D eigenvalue weighted by Crippen LogP contribution is -2.51. The zero-order chi connectivity index (χ0) is 31.6. The molecule has 2 aromatic heterocycles. The van der Waals surface area contributed by atoms with Crippen LogP contribution in [0.15, 0.2) is 43.0 Å². The molecule has 2 radical (unpaired) electrons. The summed E-state index contributed by atoms with van der Waals surface area (Å²) in [7, 11) is -1.92. The maximum absolute atomic E-state index is 13.0. The number of amides is 1. The Morgan fingerprint density at radius 1 is 0.977 bits per heavy atom. The molecular weight excluding hydrogens is 579 g/mol. The minimum atomic E-state index is -2.30. The third-order valence-corrected chi connectivity index (χ3v) is 14.2. The molecule has 2 aliphatic heterocycles. The average Bonchev–Trinajstić information content (AvgIpc) is 3.22. The highest BCUT2D eigenvalue weighted by Gasteiger charge is 2.73. The molecule has 0 aliphatic carbocycles. The highest BCUT2D eigenvalue weighted by molar-refractivity contribution is 6.74. The molecule has 1 unspecified atom stereocenters. The molecule has 1 aromatic carbocycles. The lowest BCUT2D eigenvalue weighted by molar-refractivity contribution is -0.139. The first-order valence-electron chi connectivity index (χ1n) is 14.8. The Morgan fingerprint density at radius 3 is 2.23 bits per heavy atom. The molecule has 0 saturated carbocycles. The molecule has 2 aliphatic rings. The van der Waals surface area contributed by atoms with Crippen LogP contribution in [0.25, 0.3) is 11.2 Å². The van der Waals surface area contributed by atoms with Crippen molar-refractivity contribution in [1.29, 1.82) is 0 Å². The molecule has 10 nitrogen and oxygen atoms in total. The van der Waals surface area contributed by atoms with Gasteiger partial charge >= 0.3 is 0 Å². The SMILES string of the molecule is CC(C)(C)OC1[Si][C@@]12O[C@@H](n1cnc3c(NC(=O)c4ccccc4)ncnc31)[C@H](O[Si](C)(C)C(C)(C)C)[C@@H]2OC(C)(C)C. The Hall–Kier alpha value is -2.49. The molecular formula is C31H45N5O5Si2. The minimum Gasteiger partial charge on any atom is -0.407 e. The molecule has 4 heterocycles. The van der Waals surface area contributed by atoms with E-state index in [2.05, 4.69) is 95.7 Å². The molecule has 5 atom stereocenters. The normalized spacial score (nSPS) is 26.3. The lowest BCUT2D eigenvalue weighted by Gasteiger charge is -2.41. The largest absolute Gasteiger partial charge is 0.407 e. The van der Waals surface area contributed by atoms with E-state index in [9.17, 15) is 4.79 Å². The number of nitrogens with one attached hydrogen (secondary N) is 1. The van der Waals surface area contributed by atoms with Gasteiger partial charge in [-0.05, 0) is 71.8 Å². The Balaban J connectivity index is 1.57.